The molecule has 8 heteroatoms. The molecule has 1 rings (SSSR count). The Hall–Kier alpha value is -1.60. The molecule has 0 aliphatic heterocycles. The zero-order valence-corrected chi connectivity index (χ0v) is 7.98. The molecule has 0 aromatic carbocycles. The third kappa shape index (κ3) is 2.31. The molecule has 0 atom stereocenters. The van der Waals surface area contributed by atoms with Crippen LogP contribution in [0.5, 0.6) is 5.88 Å². The molecule has 1 heterocycles. The molecule has 0 saturated heterocycles. The van der Waals surface area contributed by atoms with Gasteiger partial charge in [-0.1, -0.05) is 0 Å². The third-order valence-electron chi connectivity index (χ3n) is 1.75. The number of nitrogens with zero attached hydrogens (tertiary/aromatic N) is 1. The van der Waals surface area contributed by atoms with Crippen LogP contribution in [-0.2, 0) is 6.18 Å². The fourth-order valence-corrected chi connectivity index (χ4v) is 1.17. The van der Waals surface area contributed by atoms with Gasteiger partial charge in [0.1, 0.15) is 11.4 Å². The standard InChI is InChI=1S/C8H7F5N2O/c1-16-7-5(8(11,12)13)3(6(9)10)2-4(14)15-7/h2,6H,1H3,(H2,14,15). The van der Waals surface area contributed by atoms with E-state index >= 15 is 0 Å². The molecule has 16 heavy (non-hydrogen) atoms. The lowest BCUT2D eigenvalue weighted by molar-refractivity contribution is -0.141. The second-order valence-corrected chi connectivity index (χ2v) is 2.82. The summed E-state index contributed by atoms with van der Waals surface area (Å²) in [6, 6.07) is 0.482. The Morgan fingerprint density at radius 1 is 1.38 bits per heavy atom. The van der Waals surface area contributed by atoms with E-state index in [2.05, 4.69) is 9.72 Å². The van der Waals surface area contributed by atoms with Gasteiger partial charge in [-0.05, 0) is 6.07 Å². The van der Waals surface area contributed by atoms with E-state index in [9.17, 15) is 22.0 Å². The Balaban J connectivity index is 3.52. The monoisotopic (exact) mass is 242 g/mol. The minimum atomic E-state index is -4.97. The first-order valence-electron chi connectivity index (χ1n) is 3.97. The van der Waals surface area contributed by atoms with Gasteiger partial charge in [0, 0.05) is 5.56 Å². The Morgan fingerprint density at radius 2 is 1.94 bits per heavy atom. The highest BCUT2D eigenvalue weighted by molar-refractivity contribution is 5.46. The zero-order valence-electron chi connectivity index (χ0n) is 7.98. The number of hydrogen-bond acceptors (Lipinski definition) is 3. The van der Waals surface area contributed by atoms with Crippen molar-refractivity contribution in [2.45, 2.75) is 12.6 Å². The first kappa shape index (κ1) is 12.5. The Bertz CT molecular complexity index is 391. The predicted octanol–water partition coefficient (Wildman–Crippen LogP) is 2.63. The predicted molar refractivity (Wildman–Crippen MR) is 45.2 cm³/mol. The summed E-state index contributed by atoms with van der Waals surface area (Å²) in [5.41, 5.74) is 2.26. The molecule has 3 nitrogen and oxygen atoms in total. The van der Waals surface area contributed by atoms with Crippen LogP contribution in [0.25, 0.3) is 0 Å². The lowest BCUT2D eigenvalue weighted by atomic mass is 10.1. The summed E-state index contributed by atoms with van der Waals surface area (Å²) < 4.78 is 66.6. The van der Waals surface area contributed by atoms with Crippen LogP contribution in [0.1, 0.15) is 17.6 Å². The molecule has 2 N–H and O–H groups in total. The van der Waals surface area contributed by atoms with Crippen LogP contribution in [0.3, 0.4) is 0 Å². The van der Waals surface area contributed by atoms with Crippen molar-refractivity contribution < 1.29 is 26.7 Å². The first-order chi connectivity index (χ1) is 7.27. The fraction of sp³-hybridized carbons (Fsp3) is 0.375. The van der Waals surface area contributed by atoms with Crippen molar-refractivity contribution >= 4 is 5.82 Å². The summed E-state index contributed by atoms with van der Waals surface area (Å²) in [5, 5.41) is 0. The average Bonchev–Trinajstić information content (AvgIpc) is 2.14. The maximum Gasteiger partial charge on any atom is 0.422 e. The molecule has 0 amide bonds. The molecule has 0 radical (unpaired) electrons. The topological polar surface area (TPSA) is 48.1 Å². The molecule has 0 bridgehead atoms. The van der Waals surface area contributed by atoms with Crippen LogP contribution >= 0.6 is 0 Å². The minimum Gasteiger partial charge on any atom is -0.480 e. The molecule has 90 valence electrons. The van der Waals surface area contributed by atoms with Crippen LogP contribution in [0.4, 0.5) is 27.8 Å². The van der Waals surface area contributed by atoms with Gasteiger partial charge in [-0.2, -0.15) is 18.2 Å². The number of alkyl halides is 5. The molecular formula is C8H7F5N2O. The fourth-order valence-electron chi connectivity index (χ4n) is 1.17. The number of nitrogen functional groups attached to an aromatic ring is 1. The Kier molecular flexibility index (Phi) is 3.20. The van der Waals surface area contributed by atoms with Gasteiger partial charge in [-0.25, -0.2) is 8.78 Å². The summed E-state index contributed by atoms with van der Waals surface area (Å²) >= 11 is 0. The molecule has 0 spiro atoms. The van der Waals surface area contributed by atoms with Crippen LogP contribution in [0.2, 0.25) is 0 Å². The smallest absolute Gasteiger partial charge is 0.422 e. The average molecular weight is 242 g/mol. The number of nitrogens with two attached hydrogens (primary N) is 1. The van der Waals surface area contributed by atoms with Gasteiger partial charge in [0.15, 0.2) is 0 Å². The number of halogens is 5. The summed E-state index contributed by atoms with van der Waals surface area (Å²) in [6.45, 7) is 0. The number of anilines is 1. The van der Waals surface area contributed by atoms with Crippen molar-refractivity contribution in [2.75, 3.05) is 12.8 Å². The van der Waals surface area contributed by atoms with E-state index in [0.717, 1.165) is 7.11 Å². The van der Waals surface area contributed by atoms with E-state index in [0.29, 0.717) is 6.07 Å². The van der Waals surface area contributed by atoms with Gasteiger partial charge in [-0.15, -0.1) is 0 Å². The lowest BCUT2D eigenvalue weighted by Crippen LogP contribution is -2.14. The highest BCUT2D eigenvalue weighted by Gasteiger charge is 2.40. The number of hydrogen-bond donors (Lipinski definition) is 1. The number of rotatable bonds is 2. The zero-order chi connectivity index (χ0) is 12.5. The van der Waals surface area contributed by atoms with Crippen molar-refractivity contribution in [3.63, 3.8) is 0 Å². The molecule has 0 fully saturated rings. The van der Waals surface area contributed by atoms with Gasteiger partial charge in [0.05, 0.1) is 7.11 Å². The summed E-state index contributed by atoms with van der Waals surface area (Å²) in [7, 11) is 0.895. The van der Waals surface area contributed by atoms with E-state index in [4.69, 9.17) is 5.73 Å². The van der Waals surface area contributed by atoms with Crippen LogP contribution in [0, 0.1) is 0 Å². The second kappa shape index (κ2) is 4.11. The maximum absolute atomic E-state index is 12.5. The van der Waals surface area contributed by atoms with Gasteiger partial charge in [0.25, 0.3) is 6.43 Å². The number of methoxy groups -OCH3 is 1. The molecule has 0 aliphatic rings. The van der Waals surface area contributed by atoms with Gasteiger partial charge >= 0.3 is 6.18 Å². The normalized spacial score (nSPS) is 11.9. The minimum absolute atomic E-state index is 0.458. The molecular weight excluding hydrogens is 235 g/mol. The van der Waals surface area contributed by atoms with E-state index in [-0.39, 0.29) is 0 Å². The summed E-state index contributed by atoms with van der Waals surface area (Å²) in [6.07, 6.45) is -8.28. The maximum atomic E-state index is 12.5. The lowest BCUT2D eigenvalue weighted by Gasteiger charge is -2.15. The van der Waals surface area contributed by atoms with Crippen LogP contribution in [0.15, 0.2) is 6.07 Å². The molecule has 0 saturated carbocycles. The molecule has 1 aromatic heterocycles. The van der Waals surface area contributed by atoms with Crippen molar-refractivity contribution in [1.82, 2.24) is 4.98 Å². The summed E-state index contributed by atoms with van der Waals surface area (Å²) in [4.78, 5) is 3.20. The van der Waals surface area contributed by atoms with Crippen LogP contribution in [-0.4, -0.2) is 12.1 Å². The van der Waals surface area contributed by atoms with Crippen molar-refractivity contribution in [3.05, 3.63) is 17.2 Å². The molecule has 0 aliphatic carbocycles. The Morgan fingerprint density at radius 3 is 2.31 bits per heavy atom. The van der Waals surface area contributed by atoms with E-state index in [1.54, 1.807) is 0 Å². The number of aromatic nitrogens is 1. The Labute approximate surface area is 87.0 Å². The van der Waals surface area contributed by atoms with Crippen molar-refractivity contribution in [3.8, 4) is 5.88 Å². The summed E-state index contributed by atoms with van der Waals surface area (Å²) in [5.74, 6) is -1.41. The number of pyridine rings is 1. The first-order valence-corrected chi connectivity index (χ1v) is 3.97. The van der Waals surface area contributed by atoms with Gasteiger partial charge in [-0.3, -0.25) is 0 Å². The molecule has 1 aromatic rings. The van der Waals surface area contributed by atoms with Crippen molar-refractivity contribution in [2.24, 2.45) is 0 Å². The van der Waals surface area contributed by atoms with E-state index in [1.165, 1.54) is 0 Å². The third-order valence-corrected chi connectivity index (χ3v) is 1.75. The SMILES string of the molecule is COc1nc(N)cc(C(F)F)c1C(F)(F)F. The van der Waals surface area contributed by atoms with Crippen LogP contribution < -0.4 is 10.5 Å². The highest BCUT2D eigenvalue weighted by Crippen LogP contribution is 2.41. The quantitative estimate of drug-likeness (QED) is 0.811. The van der Waals surface area contributed by atoms with Crippen molar-refractivity contribution in [1.29, 1.82) is 0 Å². The van der Waals surface area contributed by atoms with Gasteiger partial charge < -0.3 is 10.5 Å². The molecule has 0 unspecified atom stereocenters. The largest absolute Gasteiger partial charge is 0.480 e. The van der Waals surface area contributed by atoms with E-state index < -0.39 is 35.4 Å². The number of ether oxygens (including phenoxy) is 1. The van der Waals surface area contributed by atoms with E-state index in [1.807, 2.05) is 0 Å². The second-order valence-electron chi connectivity index (χ2n) is 2.82. The highest BCUT2D eigenvalue weighted by atomic mass is 19.4. The van der Waals surface area contributed by atoms with Gasteiger partial charge in [0.2, 0.25) is 5.88 Å².